The number of carbonyl (C=O) groups excluding carboxylic acids is 2. The average molecular weight is 400 g/mol. The molecule has 1 atom stereocenters. The zero-order valence-corrected chi connectivity index (χ0v) is 16.3. The summed E-state index contributed by atoms with van der Waals surface area (Å²) < 4.78 is 32.0. The molecule has 4 rings (SSSR count). The van der Waals surface area contributed by atoms with Gasteiger partial charge >= 0.3 is 0 Å². The van der Waals surface area contributed by atoms with Crippen molar-refractivity contribution >= 4 is 21.8 Å². The summed E-state index contributed by atoms with van der Waals surface area (Å²) in [7, 11) is -3.94. The zero-order valence-electron chi connectivity index (χ0n) is 15.5. The second-order valence-corrected chi connectivity index (χ2v) is 8.96. The van der Waals surface area contributed by atoms with Gasteiger partial charge in [0.2, 0.25) is 0 Å². The molecule has 0 bridgehead atoms. The molecule has 2 aliphatic rings. The molecule has 0 saturated heterocycles. The fourth-order valence-corrected chi connectivity index (χ4v) is 5.37. The summed E-state index contributed by atoms with van der Waals surface area (Å²) >= 11 is 0. The van der Waals surface area contributed by atoms with E-state index in [0.717, 1.165) is 15.6 Å². The van der Waals surface area contributed by atoms with Gasteiger partial charge in [-0.15, -0.1) is 0 Å². The molecule has 0 aromatic heterocycles. The highest BCUT2D eigenvalue weighted by atomic mass is 32.2. The third kappa shape index (κ3) is 2.93. The Bertz CT molecular complexity index is 1050. The number of hydrogen-bond acceptors (Lipinski definition) is 5. The highest BCUT2D eigenvalue weighted by Crippen LogP contribution is 2.32. The molecular formula is C20H20N2O5S. The van der Waals surface area contributed by atoms with E-state index in [0.29, 0.717) is 13.0 Å². The van der Waals surface area contributed by atoms with Crippen LogP contribution in [-0.4, -0.2) is 43.2 Å². The first-order chi connectivity index (χ1) is 13.3. The number of hydrogen-bond donors (Lipinski definition) is 1. The molecule has 1 N–H and O–H groups in total. The number of nitrogens with one attached hydrogen (secondary N) is 1. The van der Waals surface area contributed by atoms with Gasteiger partial charge in [-0.1, -0.05) is 18.2 Å². The summed E-state index contributed by atoms with van der Waals surface area (Å²) in [6.45, 7) is 3.57. The Labute approximate surface area is 163 Å². The van der Waals surface area contributed by atoms with Crippen LogP contribution >= 0.6 is 0 Å². The highest BCUT2D eigenvalue weighted by molar-refractivity contribution is 7.90. The monoisotopic (exact) mass is 400 g/mol. The predicted octanol–water partition coefficient (Wildman–Crippen LogP) is 1.97. The maximum atomic E-state index is 12.7. The van der Waals surface area contributed by atoms with Gasteiger partial charge in [0.15, 0.2) is 0 Å². The standard InChI is InChI=1S/C20H20N2O5S/c1-12(2)22-20(24)16-8-7-14(10-18(16)28(22,25)26)19(23)21-11-15-9-13-5-3-4-6-17(13)27-15/h3-8,10,12,15H,9,11H2,1-2H3,(H,21,23). The minimum atomic E-state index is -3.94. The number of carbonyl (C=O) groups is 2. The smallest absolute Gasteiger partial charge is 0.269 e. The van der Waals surface area contributed by atoms with E-state index in [-0.39, 0.29) is 22.1 Å². The third-order valence-electron chi connectivity index (χ3n) is 4.88. The maximum absolute atomic E-state index is 12.7. The van der Waals surface area contributed by atoms with E-state index in [1.54, 1.807) is 13.8 Å². The first kappa shape index (κ1) is 18.5. The van der Waals surface area contributed by atoms with Gasteiger partial charge < -0.3 is 10.1 Å². The molecule has 8 heteroatoms. The average Bonchev–Trinajstić information content (AvgIpc) is 3.15. The first-order valence-corrected chi connectivity index (χ1v) is 10.5. The normalized spacial score (nSPS) is 19.3. The lowest BCUT2D eigenvalue weighted by atomic mass is 10.1. The van der Waals surface area contributed by atoms with E-state index in [4.69, 9.17) is 4.74 Å². The number of fused-ring (bicyclic) bond motifs is 2. The first-order valence-electron chi connectivity index (χ1n) is 9.04. The molecule has 0 fully saturated rings. The van der Waals surface area contributed by atoms with E-state index in [1.807, 2.05) is 24.3 Å². The van der Waals surface area contributed by atoms with Crippen LogP contribution < -0.4 is 10.1 Å². The summed E-state index contributed by atoms with van der Waals surface area (Å²) in [6.07, 6.45) is 0.532. The molecule has 2 aromatic rings. The van der Waals surface area contributed by atoms with Crippen LogP contribution in [0.4, 0.5) is 0 Å². The molecule has 0 aliphatic carbocycles. The van der Waals surface area contributed by atoms with Crippen molar-refractivity contribution in [1.29, 1.82) is 0 Å². The molecule has 2 amide bonds. The van der Waals surface area contributed by atoms with Crippen LogP contribution in [0.15, 0.2) is 47.4 Å². The van der Waals surface area contributed by atoms with Crippen molar-refractivity contribution in [3.05, 3.63) is 59.2 Å². The predicted molar refractivity (Wildman–Crippen MR) is 102 cm³/mol. The number of nitrogens with zero attached hydrogens (tertiary/aromatic N) is 1. The van der Waals surface area contributed by atoms with Gasteiger partial charge in [0.1, 0.15) is 16.7 Å². The number of sulfonamides is 1. The van der Waals surface area contributed by atoms with Crippen LogP contribution in [0.25, 0.3) is 0 Å². The van der Waals surface area contributed by atoms with Crippen LogP contribution in [0.5, 0.6) is 5.75 Å². The van der Waals surface area contributed by atoms with Gasteiger partial charge in [-0.3, -0.25) is 9.59 Å². The Kier molecular flexibility index (Phi) is 4.38. The van der Waals surface area contributed by atoms with E-state index in [1.165, 1.54) is 18.2 Å². The Hall–Kier alpha value is -2.87. The number of rotatable bonds is 4. The lowest BCUT2D eigenvalue weighted by molar-refractivity contribution is 0.0845. The van der Waals surface area contributed by atoms with Gasteiger partial charge in [0.05, 0.1) is 12.1 Å². The number of amides is 2. The molecule has 7 nitrogen and oxygen atoms in total. The lowest BCUT2D eigenvalue weighted by Crippen LogP contribution is -2.36. The summed E-state index contributed by atoms with van der Waals surface area (Å²) in [5.41, 5.74) is 1.38. The molecule has 28 heavy (non-hydrogen) atoms. The molecular weight excluding hydrogens is 380 g/mol. The summed E-state index contributed by atoms with van der Waals surface area (Å²) in [5.74, 6) is -0.153. The molecule has 0 saturated carbocycles. The Morgan fingerprint density at radius 2 is 2.00 bits per heavy atom. The van der Waals surface area contributed by atoms with Gasteiger partial charge in [-0.05, 0) is 43.7 Å². The Balaban J connectivity index is 1.49. The third-order valence-corrected chi connectivity index (χ3v) is 6.88. The van der Waals surface area contributed by atoms with Crippen LogP contribution in [0.3, 0.4) is 0 Å². The molecule has 0 spiro atoms. The highest BCUT2D eigenvalue weighted by Gasteiger charge is 2.43. The van der Waals surface area contributed by atoms with Crippen molar-refractivity contribution in [3.8, 4) is 5.75 Å². The lowest BCUT2D eigenvalue weighted by Gasteiger charge is -2.18. The summed E-state index contributed by atoms with van der Waals surface area (Å²) in [6, 6.07) is 11.3. The Morgan fingerprint density at radius 1 is 1.25 bits per heavy atom. The van der Waals surface area contributed by atoms with Gasteiger partial charge in [-0.25, -0.2) is 12.7 Å². The minimum absolute atomic E-state index is 0.0971. The fraction of sp³-hybridized carbons (Fsp3) is 0.300. The topological polar surface area (TPSA) is 92.8 Å². The van der Waals surface area contributed by atoms with Crippen LogP contribution in [-0.2, 0) is 16.4 Å². The molecule has 2 aliphatic heterocycles. The van der Waals surface area contributed by atoms with Crippen molar-refractivity contribution in [1.82, 2.24) is 9.62 Å². The molecule has 0 radical (unpaired) electrons. The van der Waals surface area contributed by atoms with Crippen molar-refractivity contribution in [2.75, 3.05) is 6.54 Å². The minimum Gasteiger partial charge on any atom is -0.488 e. The molecule has 146 valence electrons. The van der Waals surface area contributed by atoms with Crippen molar-refractivity contribution < 1.29 is 22.7 Å². The number of benzene rings is 2. The Morgan fingerprint density at radius 3 is 2.71 bits per heavy atom. The second-order valence-electron chi connectivity index (χ2n) is 7.17. The van der Waals surface area contributed by atoms with E-state index in [2.05, 4.69) is 5.32 Å². The second kappa shape index (κ2) is 6.63. The maximum Gasteiger partial charge on any atom is 0.269 e. The van der Waals surface area contributed by atoms with Crippen molar-refractivity contribution in [3.63, 3.8) is 0 Å². The van der Waals surface area contributed by atoms with Crippen LogP contribution in [0.2, 0.25) is 0 Å². The molecule has 2 aromatic carbocycles. The zero-order chi connectivity index (χ0) is 20.1. The van der Waals surface area contributed by atoms with E-state index in [9.17, 15) is 18.0 Å². The van der Waals surface area contributed by atoms with Gasteiger partial charge in [-0.2, -0.15) is 0 Å². The van der Waals surface area contributed by atoms with Gasteiger partial charge in [0.25, 0.3) is 21.8 Å². The largest absolute Gasteiger partial charge is 0.488 e. The quantitative estimate of drug-likeness (QED) is 0.847. The summed E-state index contributed by atoms with van der Waals surface area (Å²) in [5, 5.41) is 2.78. The van der Waals surface area contributed by atoms with Crippen LogP contribution in [0, 0.1) is 0 Å². The van der Waals surface area contributed by atoms with Crippen LogP contribution in [0.1, 0.15) is 40.1 Å². The van der Waals surface area contributed by atoms with Crippen molar-refractivity contribution in [2.24, 2.45) is 0 Å². The molecule has 1 unspecified atom stereocenters. The molecule has 2 heterocycles. The van der Waals surface area contributed by atoms with Gasteiger partial charge in [0, 0.05) is 18.0 Å². The SMILES string of the molecule is CC(C)N1C(=O)c2ccc(C(=O)NCC3Cc4ccccc4O3)cc2S1(=O)=O. The summed E-state index contributed by atoms with van der Waals surface area (Å²) in [4.78, 5) is 24.8. The fourth-order valence-electron chi connectivity index (χ4n) is 3.58. The number of ether oxygens (including phenoxy) is 1. The van der Waals surface area contributed by atoms with Crippen molar-refractivity contribution in [2.45, 2.75) is 37.3 Å². The van der Waals surface area contributed by atoms with E-state index >= 15 is 0 Å². The van der Waals surface area contributed by atoms with E-state index < -0.39 is 27.9 Å². The number of para-hydroxylation sites is 1.